The Morgan fingerprint density at radius 2 is 1.92 bits per heavy atom. The lowest BCUT2D eigenvalue weighted by Gasteiger charge is -2.46. The van der Waals surface area contributed by atoms with E-state index in [0.717, 1.165) is 45.2 Å². The lowest BCUT2D eigenvalue weighted by atomic mass is 9.68. The Labute approximate surface area is 143 Å². The van der Waals surface area contributed by atoms with Crippen molar-refractivity contribution in [2.24, 2.45) is 21.0 Å². The van der Waals surface area contributed by atoms with Gasteiger partial charge < -0.3 is 19.6 Å². The minimum absolute atomic E-state index is 0.307. The maximum absolute atomic E-state index is 11.6. The highest BCUT2D eigenvalue weighted by Crippen LogP contribution is 2.43. The van der Waals surface area contributed by atoms with Crippen molar-refractivity contribution in [2.45, 2.75) is 39.0 Å². The molecule has 0 amide bonds. The monoisotopic (exact) mass is 339 g/mol. The third-order valence-electron chi connectivity index (χ3n) is 5.43. The van der Waals surface area contributed by atoms with E-state index < -0.39 is 11.4 Å². The highest BCUT2D eigenvalue weighted by Gasteiger charge is 2.48. The summed E-state index contributed by atoms with van der Waals surface area (Å²) in [6.07, 6.45) is 4.21. The molecular weight excluding hydrogens is 310 g/mol. The van der Waals surface area contributed by atoms with Crippen LogP contribution in [0.15, 0.2) is 10.1 Å². The number of nitrogens with zero attached hydrogens (tertiary/aromatic N) is 3. The summed E-state index contributed by atoms with van der Waals surface area (Å²) in [5, 5.41) is 13.1. The highest BCUT2D eigenvalue weighted by molar-refractivity contribution is 5.83. The number of hydrogen-bond acceptors (Lipinski definition) is 6. The second kappa shape index (κ2) is 8.07. The van der Waals surface area contributed by atoms with E-state index in [-0.39, 0.29) is 5.41 Å². The average Bonchev–Trinajstić information content (AvgIpc) is 2.52. The first-order valence-corrected chi connectivity index (χ1v) is 8.64. The zero-order valence-corrected chi connectivity index (χ0v) is 14.8. The molecule has 0 bridgehead atoms. The lowest BCUT2D eigenvalue weighted by Crippen LogP contribution is -2.53. The van der Waals surface area contributed by atoms with Crippen LogP contribution in [0, 0.1) is 10.8 Å². The van der Waals surface area contributed by atoms with Gasteiger partial charge in [-0.25, -0.2) is 0 Å². The van der Waals surface area contributed by atoms with Gasteiger partial charge in [-0.2, -0.15) is 0 Å². The van der Waals surface area contributed by atoms with Crippen molar-refractivity contribution >= 4 is 18.6 Å². The molecule has 24 heavy (non-hydrogen) atoms. The van der Waals surface area contributed by atoms with E-state index in [1.807, 2.05) is 6.92 Å². The number of ether oxygens (including phenoxy) is 1. The predicted molar refractivity (Wildman–Crippen MR) is 92.5 cm³/mol. The summed E-state index contributed by atoms with van der Waals surface area (Å²) in [5.74, 6) is -0.0759. The van der Waals surface area contributed by atoms with Crippen molar-refractivity contribution in [3.8, 4) is 0 Å². The number of carboxylic acids is 1. The first-order valence-electron chi connectivity index (χ1n) is 8.64. The molecule has 0 spiro atoms. The Hall–Kier alpha value is -1.47. The molecule has 0 aromatic carbocycles. The number of carbonyl (C=O) groups is 1. The maximum atomic E-state index is 11.6. The summed E-state index contributed by atoms with van der Waals surface area (Å²) in [5.41, 5.74) is -0.848. The van der Waals surface area contributed by atoms with E-state index in [1.165, 1.54) is 0 Å². The number of aliphatic carboxylic acids is 1. The fraction of sp³-hybridized carbons (Fsp3) is 0.824. The summed E-state index contributed by atoms with van der Waals surface area (Å²) in [6.45, 7) is 8.73. The van der Waals surface area contributed by atoms with E-state index >= 15 is 0 Å². The van der Waals surface area contributed by atoms with Gasteiger partial charge in [0.1, 0.15) is 0 Å². The molecule has 2 aliphatic rings. The van der Waals surface area contributed by atoms with E-state index in [9.17, 15) is 9.90 Å². The predicted octanol–water partition coefficient (Wildman–Crippen LogP) is 2.02. The largest absolute Gasteiger partial charge is 0.481 e. The number of methoxy groups -OCH3 is 1. The van der Waals surface area contributed by atoms with Crippen LogP contribution in [-0.2, 0) is 14.4 Å². The van der Waals surface area contributed by atoms with Gasteiger partial charge in [0.25, 0.3) is 0 Å². The Morgan fingerprint density at radius 1 is 1.25 bits per heavy atom. The molecule has 1 saturated heterocycles. The zero-order valence-electron chi connectivity index (χ0n) is 14.8. The van der Waals surface area contributed by atoms with Crippen molar-refractivity contribution in [1.29, 1.82) is 0 Å². The van der Waals surface area contributed by atoms with Crippen LogP contribution in [0.3, 0.4) is 0 Å². The molecule has 2 rings (SSSR count). The van der Waals surface area contributed by atoms with E-state index in [2.05, 4.69) is 21.8 Å². The van der Waals surface area contributed by atoms with Gasteiger partial charge in [-0.3, -0.25) is 9.79 Å². The molecule has 7 heteroatoms. The number of piperidine rings is 1. The van der Waals surface area contributed by atoms with Crippen LogP contribution in [0.25, 0.3) is 0 Å². The fourth-order valence-corrected chi connectivity index (χ4v) is 3.80. The van der Waals surface area contributed by atoms with Crippen molar-refractivity contribution in [3.63, 3.8) is 0 Å². The topological polar surface area (TPSA) is 83.7 Å². The molecule has 1 aliphatic carbocycles. The second-order valence-corrected chi connectivity index (χ2v) is 6.93. The molecule has 1 aliphatic heterocycles. The Morgan fingerprint density at radius 3 is 2.33 bits per heavy atom. The average molecular weight is 339 g/mol. The maximum Gasteiger partial charge on any atom is 0.310 e. The SMILES string of the molecule is C=NOC(=NCC)C1(COC)CCN(CC2(C(=O)O)CCC2)CC1. The van der Waals surface area contributed by atoms with Crippen LogP contribution in [0.2, 0.25) is 0 Å². The Balaban J connectivity index is 2.05. The molecule has 136 valence electrons. The number of rotatable bonds is 8. The normalized spacial score (nSPS) is 23.3. The van der Waals surface area contributed by atoms with E-state index in [0.29, 0.717) is 25.6 Å². The molecule has 1 saturated carbocycles. The number of aliphatic imine (C=N–C) groups is 1. The van der Waals surface area contributed by atoms with Crippen LogP contribution < -0.4 is 0 Å². The zero-order chi connectivity index (χ0) is 17.6. The summed E-state index contributed by atoms with van der Waals surface area (Å²) in [7, 11) is 1.67. The molecule has 1 heterocycles. The quantitative estimate of drug-likeness (QED) is 0.415. The first kappa shape index (κ1) is 18.9. The number of carboxylic acid groups (broad SMARTS) is 1. The van der Waals surface area contributed by atoms with Crippen molar-refractivity contribution in [2.75, 3.05) is 39.9 Å². The Kier molecular flexibility index (Phi) is 6.34. The van der Waals surface area contributed by atoms with Gasteiger partial charge >= 0.3 is 5.97 Å². The summed E-state index contributed by atoms with van der Waals surface area (Å²) in [4.78, 5) is 23.6. The van der Waals surface area contributed by atoms with Gasteiger partial charge in [0.15, 0.2) is 0 Å². The van der Waals surface area contributed by atoms with E-state index in [1.54, 1.807) is 7.11 Å². The fourth-order valence-electron chi connectivity index (χ4n) is 3.80. The standard InChI is InChI=1S/C17H29N3O4/c1-4-19-14(24-18-2)17(13-23-3)8-10-20(11-9-17)12-16(15(21)22)6-5-7-16/h2,4-13H2,1,3H3,(H,21,22). The molecule has 1 N–H and O–H groups in total. The minimum atomic E-state index is -0.657. The minimum Gasteiger partial charge on any atom is -0.481 e. The summed E-state index contributed by atoms with van der Waals surface area (Å²) in [6, 6.07) is 0. The third-order valence-corrected chi connectivity index (χ3v) is 5.43. The molecule has 7 nitrogen and oxygen atoms in total. The van der Waals surface area contributed by atoms with Gasteiger partial charge in [0.05, 0.1) is 17.4 Å². The van der Waals surface area contributed by atoms with Crippen LogP contribution in [0.5, 0.6) is 0 Å². The van der Waals surface area contributed by atoms with Crippen LogP contribution in [0.4, 0.5) is 0 Å². The smallest absolute Gasteiger partial charge is 0.310 e. The number of oxime groups is 1. The second-order valence-electron chi connectivity index (χ2n) is 6.93. The highest BCUT2D eigenvalue weighted by atomic mass is 16.6. The first-order chi connectivity index (χ1) is 11.5. The van der Waals surface area contributed by atoms with E-state index in [4.69, 9.17) is 9.57 Å². The number of likely N-dealkylation sites (tertiary alicyclic amines) is 1. The van der Waals surface area contributed by atoms with Gasteiger partial charge in [0.2, 0.25) is 5.90 Å². The molecule has 0 radical (unpaired) electrons. The van der Waals surface area contributed by atoms with Crippen LogP contribution in [-0.4, -0.2) is 68.5 Å². The number of hydrogen-bond donors (Lipinski definition) is 1. The third kappa shape index (κ3) is 3.78. The molecule has 0 unspecified atom stereocenters. The van der Waals surface area contributed by atoms with Gasteiger partial charge in [-0.05, 0) is 45.7 Å². The molecule has 0 atom stereocenters. The van der Waals surface area contributed by atoms with Crippen molar-refractivity contribution in [3.05, 3.63) is 0 Å². The lowest BCUT2D eigenvalue weighted by molar-refractivity contribution is -0.156. The van der Waals surface area contributed by atoms with Gasteiger partial charge in [-0.1, -0.05) is 11.6 Å². The van der Waals surface area contributed by atoms with Gasteiger partial charge in [-0.15, -0.1) is 0 Å². The molecular formula is C17H29N3O4. The van der Waals surface area contributed by atoms with Crippen LogP contribution in [0.1, 0.15) is 39.0 Å². The molecule has 0 aromatic heterocycles. The Bertz CT molecular complexity index is 480. The van der Waals surface area contributed by atoms with Gasteiger partial charge in [0, 0.05) is 26.9 Å². The van der Waals surface area contributed by atoms with Crippen LogP contribution >= 0.6 is 0 Å². The molecule has 0 aromatic rings. The summed E-state index contributed by atoms with van der Waals surface area (Å²) >= 11 is 0. The summed E-state index contributed by atoms with van der Waals surface area (Å²) < 4.78 is 5.43. The van der Waals surface area contributed by atoms with Crippen molar-refractivity contribution < 1.29 is 19.5 Å². The van der Waals surface area contributed by atoms with Crippen molar-refractivity contribution in [1.82, 2.24) is 4.90 Å². The molecule has 2 fully saturated rings.